The van der Waals surface area contributed by atoms with Gasteiger partial charge in [-0.05, 0) is 31.5 Å². The summed E-state index contributed by atoms with van der Waals surface area (Å²) in [4.78, 5) is 4.45. The number of rotatable bonds is 5. The van der Waals surface area contributed by atoms with E-state index < -0.39 is 0 Å². The maximum absolute atomic E-state index is 6.11. The first-order valence-electron chi connectivity index (χ1n) is 6.09. The molecule has 0 spiro atoms. The number of nitrogens with zero attached hydrogens (tertiary/aromatic N) is 1. The van der Waals surface area contributed by atoms with Gasteiger partial charge in [0.25, 0.3) is 0 Å². The molecule has 0 unspecified atom stereocenters. The zero-order chi connectivity index (χ0) is 13.0. The van der Waals surface area contributed by atoms with Crippen LogP contribution in [0, 0.1) is 6.92 Å². The van der Waals surface area contributed by atoms with Crippen LogP contribution < -0.4 is 5.73 Å². The minimum Gasteiger partial charge on any atom is -0.446 e. The lowest BCUT2D eigenvalue weighted by molar-refractivity contribution is 0.469. The molecule has 0 amide bonds. The lowest BCUT2D eigenvalue weighted by Crippen LogP contribution is -2.04. The molecule has 0 saturated carbocycles. The van der Waals surface area contributed by atoms with Gasteiger partial charge in [0.15, 0.2) is 5.89 Å². The predicted octanol–water partition coefficient (Wildman–Crippen LogP) is 2.92. The van der Waals surface area contributed by atoms with Crippen molar-refractivity contribution < 1.29 is 4.42 Å². The van der Waals surface area contributed by atoms with Gasteiger partial charge < -0.3 is 10.2 Å². The molecule has 0 aliphatic carbocycles. The Balaban J connectivity index is 2.02. The molecular weight excluding hydrogens is 248 g/mol. The standard InChI is InChI=1S/C14H17ClN2O/c1-10-13(8-9-16)17-14(18-10)7-6-11-4-2-3-5-12(11)15/h2-5H,6-9,16H2,1H3. The number of hydrogen-bond acceptors (Lipinski definition) is 3. The quantitative estimate of drug-likeness (QED) is 0.903. The van der Waals surface area contributed by atoms with Gasteiger partial charge in [-0.15, -0.1) is 0 Å². The van der Waals surface area contributed by atoms with Crippen molar-refractivity contribution in [2.75, 3.05) is 6.54 Å². The van der Waals surface area contributed by atoms with E-state index in [-0.39, 0.29) is 0 Å². The summed E-state index contributed by atoms with van der Waals surface area (Å²) in [6.45, 7) is 2.52. The molecule has 0 radical (unpaired) electrons. The molecule has 2 N–H and O–H groups in total. The third kappa shape index (κ3) is 3.12. The third-order valence-corrected chi connectivity index (χ3v) is 3.25. The molecule has 4 heteroatoms. The second-order valence-electron chi connectivity index (χ2n) is 4.24. The van der Waals surface area contributed by atoms with E-state index in [1.54, 1.807) is 0 Å². The van der Waals surface area contributed by atoms with Gasteiger partial charge >= 0.3 is 0 Å². The fourth-order valence-electron chi connectivity index (χ4n) is 1.91. The van der Waals surface area contributed by atoms with Gasteiger partial charge in [0, 0.05) is 17.9 Å². The van der Waals surface area contributed by atoms with E-state index >= 15 is 0 Å². The summed E-state index contributed by atoms with van der Waals surface area (Å²) in [5.41, 5.74) is 7.61. The first kappa shape index (κ1) is 13.1. The van der Waals surface area contributed by atoms with Crippen LogP contribution in [0.15, 0.2) is 28.7 Å². The molecule has 1 aromatic heterocycles. The van der Waals surface area contributed by atoms with Crippen LogP contribution in [0.4, 0.5) is 0 Å². The Hall–Kier alpha value is -1.32. The Morgan fingerprint density at radius 1 is 1.22 bits per heavy atom. The molecule has 2 aromatic rings. The van der Waals surface area contributed by atoms with E-state index in [0.29, 0.717) is 6.54 Å². The summed E-state index contributed by atoms with van der Waals surface area (Å²) in [6.07, 6.45) is 2.36. The van der Waals surface area contributed by atoms with Gasteiger partial charge in [-0.1, -0.05) is 29.8 Å². The van der Waals surface area contributed by atoms with Crippen LogP contribution in [0.25, 0.3) is 0 Å². The molecule has 96 valence electrons. The lowest BCUT2D eigenvalue weighted by Gasteiger charge is -2.01. The second-order valence-corrected chi connectivity index (χ2v) is 4.65. The number of aromatic nitrogens is 1. The van der Waals surface area contributed by atoms with Crippen molar-refractivity contribution in [1.82, 2.24) is 4.98 Å². The topological polar surface area (TPSA) is 52.0 Å². The fourth-order valence-corrected chi connectivity index (χ4v) is 2.14. The number of halogens is 1. The first-order chi connectivity index (χ1) is 8.70. The van der Waals surface area contributed by atoms with Gasteiger partial charge in [0.1, 0.15) is 5.76 Å². The highest BCUT2D eigenvalue weighted by atomic mass is 35.5. The van der Waals surface area contributed by atoms with Crippen molar-refractivity contribution in [2.45, 2.75) is 26.2 Å². The minimum absolute atomic E-state index is 0.595. The summed E-state index contributed by atoms with van der Waals surface area (Å²) in [5.74, 6) is 1.63. The van der Waals surface area contributed by atoms with Crippen LogP contribution in [0.1, 0.15) is 22.9 Å². The molecule has 0 bridgehead atoms. The monoisotopic (exact) mass is 264 g/mol. The molecule has 0 fully saturated rings. The summed E-state index contributed by atoms with van der Waals surface area (Å²) < 4.78 is 5.62. The maximum atomic E-state index is 6.11. The molecule has 0 aliphatic heterocycles. The van der Waals surface area contributed by atoms with Crippen molar-refractivity contribution in [3.8, 4) is 0 Å². The van der Waals surface area contributed by atoms with Crippen molar-refractivity contribution in [3.63, 3.8) is 0 Å². The van der Waals surface area contributed by atoms with E-state index in [9.17, 15) is 0 Å². The Kier molecular flexibility index (Phi) is 4.39. The van der Waals surface area contributed by atoms with Crippen LogP contribution in [0.3, 0.4) is 0 Å². The summed E-state index contributed by atoms with van der Waals surface area (Å²) in [6, 6.07) is 7.85. The van der Waals surface area contributed by atoms with Crippen molar-refractivity contribution in [1.29, 1.82) is 0 Å². The summed E-state index contributed by atoms with van der Waals surface area (Å²) >= 11 is 6.11. The predicted molar refractivity (Wildman–Crippen MR) is 72.9 cm³/mol. The molecule has 3 nitrogen and oxygen atoms in total. The van der Waals surface area contributed by atoms with Crippen LogP contribution in [-0.4, -0.2) is 11.5 Å². The highest BCUT2D eigenvalue weighted by molar-refractivity contribution is 6.31. The van der Waals surface area contributed by atoms with Crippen molar-refractivity contribution in [3.05, 3.63) is 52.2 Å². The largest absolute Gasteiger partial charge is 0.446 e. The summed E-state index contributed by atoms with van der Waals surface area (Å²) in [5, 5.41) is 0.794. The number of nitrogens with two attached hydrogens (primary N) is 1. The number of oxazole rings is 1. The molecular formula is C14H17ClN2O. The van der Waals surface area contributed by atoms with Crippen LogP contribution in [0.2, 0.25) is 5.02 Å². The Morgan fingerprint density at radius 2 is 2.00 bits per heavy atom. The van der Waals surface area contributed by atoms with Gasteiger partial charge in [0.05, 0.1) is 5.69 Å². The zero-order valence-corrected chi connectivity index (χ0v) is 11.2. The van der Waals surface area contributed by atoms with Crippen LogP contribution >= 0.6 is 11.6 Å². The average Bonchev–Trinajstić information content (AvgIpc) is 2.70. The van der Waals surface area contributed by atoms with E-state index in [2.05, 4.69) is 4.98 Å². The molecule has 0 atom stereocenters. The van der Waals surface area contributed by atoms with E-state index in [1.165, 1.54) is 0 Å². The number of benzene rings is 1. The lowest BCUT2D eigenvalue weighted by atomic mass is 10.1. The van der Waals surface area contributed by atoms with Gasteiger partial charge in [-0.25, -0.2) is 4.98 Å². The SMILES string of the molecule is Cc1oc(CCc2ccccc2Cl)nc1CCN. The van der Waals surface area contributed by atoms with E-state index in [0.717, 1.165) is 47.2 Å². The van der Waals surface area contributed by atoms with E-state index in [1.807, 2.05) is 31.2 Å². The Labute approximate surface area is 112 Å². The molecule has 2 rings (SSSR count). The van der Waals surface area contributed by atoms with Crippen LogP contribution in [0.5, 0.6) is 0 Å². The maximum Gasteiger partial charge on any atom is 0.194 e. The third-order valence-electron chi connectivity index (χ3n) is 2.88. The molecule has 1 heterocycles. The average molecular weight is 265 g/mol. The number of aryl methyl sites for hydroxylation is 3. The molecule has 18 heavy (non-hydrogen) atoms. The first-order valence-corrected chi connectivity index (χ1v) is 6.47. The Morgan fingerprint density at radius 3 is 2.72 bits per heavy atom. The molecule has 1 aromatic carbocycles. The Bertz CT molecular complexity index is 522. The zero-order valence-electron chi connectivity index (χ0n) is 10.4. The van der Waals surface area contributed by atoms with Crippen molar-refractivity contribution in [2.24, 2.45) is 5.73 Å². The normalized spacial score (nSPS) is 10.8. The highest BCUT2D eigenvalue weighted by Crippen LogP contribution is 2.18. The van der Waals surface area contributed by atoms with Gasteiger partial charge in [0.2, 0.25) is 0 Å². The highest BCUT2D eigenvalue weighted by Gasteiger charge is 2.09. The van der Waals surface area contributed by atoms with Crippen molar-refractivity contribution >= 4 is 11.6 Å². The summed E-state index contributed by atoms with van der Waals surface area (Å²) in [7, 11) is 0. The molecule has 0 saturated heterocycles. The van der Waals surface area contributed by atoms with Gasteiger partial charge in [-0.2, -0.15) is 0 Å². The molecule has 0 aliphatic rings. The van der Waals surface area contributed by atoms with E-state index in [4.69, 9.17) is 21.8 Å². The second kappa shape index (κ2) is 6.03. The van der Waals surface area contributed by atoms with Crippen LogP contribution in [-0.2, 0) is 19.3 Å². The minimum atomic E-state index is 0.595. The fraction of sp³-hybridized carbons (Fsp3) is 0.357. The smallest absolute Gasteiger partial charge is 0.194 e. The van der Waals surface area contributed by atoms with Gasteiger partial charge in [-0.3, -0.25) is 0 Å². The number of hydrogen-bond donors (Lipinski definition) is 1.